The van der Waals surface area contributed by atoms with E-state index in [1.807, 2.05) is 0 Å². The number of benzene rings is 2. The number of imide groups is 1. The number of amides is 3. The minimum atomic E-state index is -3.87. The number of likely N-dealkylation sites (tertiary alicyclic amines) is 1. The number of primary sulfonamides is 1. The summed E-state index contributed by atoms with van der Waals surface area (Å²) in [7, 11) is -3.87. The molecule has 2 aliphatic heterocycles. The topological polar surface area (TPSA) is 206 Å². The van der Waals surface area contributed by atoms with Crippen molar-refractivity contribution in [3.8, 4) is 5.75 Å². The van der Waals surface area contributed by atoms with Crippen LogP contribution >= 0.6 is 23.1 Å². The Labute approximate surface area is 234 Å². The van der Waals surface area contributed by atoms with Gasteiger partial charge in [0.25, 0.3) is 5.91 Å². The summed E-state index contributed by atoms with van der Waals surface area (Å²) in [6, 6.07) is 11.8. The smallest absolute Gasteiger partial charge is 0.323 e. The molecular weight excluding hydrogens is 584 g/mol. The van der Waals surface area contributed by atoms with Gasteiger partial charge in [-0.05, 0) is 42.0 Å². The third kappa shape index (κ3) is 5.38. The van der Waals surface area contributed by atoms with Crippen LogP contribution in [-0.2, 0) is 29.2 Å². The van der Waals surface area contributed by atoms with Gasteiger partial charge in [-0.2, -0.15) is 0 Å². The molecule has 2 aliphatic rings. The summed E-state index contributed by atoms with van der Waals surface area (Å²) in [6.07, 6.45) is 0. The number of H-pyrrole nitrogens is 1. The van der Waals surface area contributed by atoms with Crippen LogP contribution in [0.1, 0.15) is 16.4 Å². The van der Waals surface area contributed by atoms with Crippen LogP contribution in [0.25, 0.3) is 0 Å². The van der Waals surface area contributed by atoms with Crippen LogP contribution in [0.5, 0.6) is 5.75 Å². The molecule has 1 fully saturated rings. The van der Waals surface area contributed by atoms with Gasteiger partial charge in [0.05, 0.1) is 15.8 Å². The number of aromatic amines is 1. The maximum absolute atomic E-state index is 13.3. The van der Waals surface area contributed by atoms with Gasteiger partial charge in [0.1, 0.15) is 17.5 Å². The number of hydrogen-bond donors (Lipinski definition) is 4. The normalized spacial score (nSPS) is 20.1. The second-order valence-electron chi connectivity index (χ2n) is 8.88. The number of nitrogens with one attached hydrogen (secondary N) is 2. The van der Waals surface area contributed by atoms with Crippen molar-refractivity contribution in [1.29, 1.82) is 0 Å². The molecule has 5 rings (SSSR count). The summed E-state index contributed by atoms with van der Waals surface area (Å²) < 4.78 is 28.4. The SMILES string of the molecule is NS(=O)(=O)c1ccc(NC(=O)COc2cccc([C@@H]3c4sc(=O)[nH]c4SC4C(=O)N(CC(=O)O)C(=O)C43)c2)cc1. The van der Waals surface area contributed by atoms with E-state index in [2.05, 4.69) is 10.3 Å². The lowest BCUT2D eigenvalue weighted by Gasteiger charge is -2.30. The molecule has 16 heteroatoms. The number of aromatic nitrogens is 1. The van der Waals surface area contributed by atoms with E-state index in [0.29, 0.717) is 21.2 Å². The van der Waals surface area contributed by atoms with Gasteiger partial charge in [-0.25, -0.2) is 13.6 Å². The van der Waals surface area contributed by atoms with Crippen molar-refractivity contribution in [2.45, 2.75) is 21.1 Å². The Kier molecular flexibility index (Phi) is 7.26. The third-order valence-electron chi connectivity index (χ3n) is 6.26. The summed E-state index contributed by atoms with van der Waals surface area (Å²) in [5, 5.41) is 16.4. The number of rotatable bonds is 8. The number of thioether (sulfide) groups is 1. The predicted octanol–water partition coefficient (Wildman–Crippen LogP) is 0.777. The number of ether oxygens (including phenoxy) is 1. The molecular formula is C24H20N4O9S3. The highest BCUT2D eigenvalue weighted by Gasteiger charge is 2.56. The Hall–Kier alpha value is -3.99. The van der Waals surface area contributed by atoms with Crippen molar-refractivity contribution in [2.24, 2.45) is 11.1 Å². The lowest BCUT2D eigenvalue weighted by Crippen LogP contribution is -2.36. The van der Waals surface area contributed by atoms with Crippen LogP contribution in [0.3, 0.4) is 0 Å². The average molecular weight is 605 g/mol. The largest absolute Gasteiger partial charge is 0.484 e. The fourth-order valence-electron chi connectivity index (χ4n) is 4.60. The molecule has 3 heterocycles. The molecule has 5 N–H and O–H groups in total. The molecule has 13 nitrogen and oxygen atoms in total. The Morgan fingerprint density at radius 3 is 2.50 bits per heavy atom. The van der Waals surface area contributed by atoms with E-state index in [0.717, 1.165) is 28.0 Å². The zero-order chi connectivity index (χ0) is 28.8. The van der Waals surface area contributed by atoms with Crippen molar-refractivity contribution in [3.05, 3.63) is 68.6 Å². The van der Waals surface area contributed by atoms with Gasteiger partial charge in [0.2, 0.25) is 21.8 Å². The zero-order valence-corrected chi connectivity index (χ0v) is 22.7. The predicted molar refractivity (Wildman–Crippen MR) is 143 cm³/mol. The summed E-state index contributed by atoms with van der Waals surface area (Å²) in [6.45, 7) is -1.16. The molecule has 2 aromatic carbocycles. The van der Waals surface area contributed by atoms with E-state index in [9.17, 15) is 37.5 Å². The number of aliphatic carboxylic acids is 1. The molecule has 3 atom stereocenters. The van der Waals surface area contributed by atoms with Gasteiger partial charge in [-0.1, -0.05) is 35.2 Å². The first kappa shape index (κ1) is 27.6. The molecule has 0 aliphatic carbocycles. The Morgan fingerprint density at radius 1 is 1.10 bits per heavy atom. The number of anilines is 1. The van der Waals surface area contributed by atoms with Crippen molar-refractivity contribution in [1.82, 2.24) is 9.88 Å². The highest BCUT2D eigenvalue weighted by Crippen LogP contribution is 2.52. The first-order valence-corrected chi connectivity index (χ1v) is 14.8. The molecule has 0 radical (unpaired) electrons. The van der Waals surface area contributed by atoms with Crippen molar-refractivity contribution in [3.63, 3.8) is 0 Å². The van der Waals surface area contributed by atoms with E-state index in [1.54, 1.807) is 24.3 Å². The number of thiazole rings is 1. The van der Waals surface area contributed by atoms with Crippen molar-refractivity contribution in [2.75, 3.05) is 18.5 Å². The van der Waals surface area contributed by atoms with Gasteiger partial charge >= 0.3 is 10.8 Å². The molecule has 0 bridgehead atoms. The molecule has 2 unspecified atom stereocenters. The molecule has 1 aromatic heterocycles. The summed E-state index contributed by atoms with van der Waals surface area (Å²) in [5.74, 6) is -4.51. The van der Waals surface area contributed by atoms with Crippen LogP contribution in [0.4, 0.5) is 5.69 Å². The van der Waals surface area contributed by atoms with Crippen molar-refractivity contribution >= 4 is 62.5 Å². The van der Waals surface area contributed by atoms with Crippen LogP contribution in [0, 0.1) is 5.92 Å². The zero-order valence-electron chi connectivity index (χ0n) is 20.2. The number of carboxylic acids is 1. The van der Waals surface area contributed by atoms with Crippen LogP contribution in [0.2, 0.25) is 0 Å². The minimum absolute atomic E-state index is 0.106. The van der Waals surface area contributed by atoms with E-state index >= 15 is 0 Å². The maximum atomic E-state index is 13.3. The highest BCUT2D eigenvalue weighted by atomic mass is 32.2. The molecule has 3 amide bonds. The van der Waals surface area contributed by atoms with E-state index in [4.69, 9.17) is 9.88 Å². The van der Waals surface area contributed by atoms with E-state index in [-0.39, 0.29) is 15.5 Å². The lowest BCUT2D eigenvalue weighted by atomic mass is 9.83. The van der Waals surface area contributed by atoms with E-state index in [1.165, 1.54) is 24.3 Å². The van der Waals surface area contributed by atoms with Gasteiger partial charge < -0.3 is 20.1 Å². The molecule has 0 saturated carbocycles. The Balaban J connectivity index is 1.36. The highest BCUT2D eigenvalue weighted by molar-refractivity contribution is 8.00. The standard InChI is InChI=1S/C24H20N4O9S3/c25-40(35,36)14-6-4-12(5-7-14)26-15(29)10-37-13-3-1-2-11(8-13)17-18-20(38-21-19(17)39-24(34)27-21)23(33)28(22(18)32)9-16(30)31/h1-8,17-18,20H,9-10H2,(H,26,29)(H,27,34)(H,30,31)(H2,25,35,36)/t17-,18?,20?/m0/s1. The number of carbonyl (C=O) groups excluding carboxylic acids is 3. The van der Waals surface area contributed by atoms with Crippen molar-refractivity contribution < 1.29 is 37.4 Å². The molecule has 40 heavy (non-hydrogen) atoms. The lowest BCUT2D eigenvalue weighted by molar-refractivity contribution is -0.149. The van der Waals surface area contributed by atoms with Crippen LogP contribution in [-0.4, -0.2) is 65.5 Å². The summed E-state index contributed by atoms with van der Waals surface area (Å²) >= 11 is 1.94. The first-order valence-electron chi connectivity index (χ1n) is 11.5. The number of fused-ring (bicyclic) bond motifs is 2. The number of hydrogen-bond acceptors (Lipinski definition) is 10. The monoisotopic (exact) mass is 604 g/mol. The van der Waals surface area contributed by atoms with Crippen LogP contribution in [0.15, 0.2) is 63.2 Å². The first-order chi connectivity index (χ1) is 18.9. The molecule has 208 valence electrons. The maximum Gasteiger partial charge on any atom is 0.323 e. The Bertz CT molecular complexity index is 1700. The third-order valence-corrected chi connectivity index (χ3v) is 9.59. The van der Waals surface area contributed by atoms with Gasteiger partial charge in [0, 0.05) is 16.5 Å². The quantitative estimate of drug-likeness (QED) is 0.266. The Morgan fingerprint density at radius 2 is 1.82 bits per heavy atom. The summed E-state index contributed by atoms with van der Waals surface area (Å²) in [4.78, 5) is 65.6. The number of nitrogens with zero attached hydrogens (tertiary/aromatic N) is 1. The molecule has 3 aromatic rings. The summed E-state index contributed by atoms with van der Waals surface area (Å²) in [5.41, 5.74) is 0.868. The van der Waals surface area contributed by atoms with E-state index < -0.39 is 64.0 Å². The van der Waals surface area contributed by atoms with Crippen LogP contribution < -0.4 is 20.1 Å². The van der Waals surface area contributed by atoms with Gasteiger partial charge in [0.15, 0.2) is 6.61 Å². The fourth-order valence-corrected chi connectivity index (χ4v) is 7.65. The van der Waals surface area contributed by atoms with Gasteiger partial charge in [-0.15, -0.1) is 0 Å². The number of nitrogens with two attached hydrogens (primary N) is 1. The number of carboxylic acid groups (broad SMARTS) is 1. The number of carbonyl (C=O) groups is 4. The van der Waals surface area contributed by atoms with Gasteiger partial charge in [-0.3, -0.25) is 28.9 Å². The molecule has 1 saturated heterocycles. The molecule has 0 spiro atoms. The average Bonchev–Trinajstić information content (AvgIpc) is 3.37. The number of sulfonamides is 1. The second-order valence-corrected chi connectivity index (χ2v) is 12.6. The minimum Gasteiger partial charge on any atom is -0.484 e. The second kappa shape index (κ2) is 10.5. The fraction of sp³-hybridized carbons (Fsp3) is 0.208.